The number of para-hydroxylation sites is 1. The second-order valence-electron chi connectivity index (χ2n) is 4.36. The number of hydrogen-bond acceptors (Lipinski definition) is 3. The fraction of sp³-hybridized carbons (Fsp3) is 0.200. The lowest BCUT2D eigenvalue weighted by molar-refractivity contribution is 0.0965. The van der Waals surface area contributed by atoms with E-state index in [1.165, 1.54) is 6.26 Å². The zero-order chi connectivity index (χ0) is 13.2. The average molecular weight is 254 g/mol. The molecule has 3 aromatic rings. The van der Waals surface area contributed by atoms with E-state index in [9.17, 15) is 4.79 Å². The standard InChI is InChI=1S/C15H14N2O2/c1-2-17-13-7-4-3-6-11(13)12(16-17)10-14(18)15-8-5-9-19-15/h3-9H,2,10H2,1H3. The minimum absolute atomic E-state index is 0.0449. The van der Waals surface area contributed by atoms with E-state index >= 15 is 0 Å². The molecule has 0 aliphatic carbocycles. The molecule has 0 bridgehead atoms. The Hall–Kier alpha value is -2.36. The molecule has 0 atom stereocenters. The maximum Gasteiger partial charge on any atom is 0.204 e. The van der Waals surface area contributed by atoms with Crippen LogP contribution in [0.15, 0.2) is 47.1 Å². The van der Waals surface area contributed by atoms with Gasteiger partial charge >= 0.3 is 0 Å². The third kappa shape index (κ3) is 2.05. The number of hydrogen-bond donors (Lipinski definition) is 0. The van der Waals surface area contributed by atoms with Gasteiger partial charge in [-0.2, -0.15) is 5.10 Å². The Bertz CT molecular complexity index is 711. The first-order chi connectivity index (χ1) is 9.29. The first kappa shape index (κ1) is 11.7. The summed E-state index contributed by atoms with van der Waals surface area (Å²) in [5, 5.41) is 5.54. The van der Waals surface area contributed by atoms with Gasteiger partial charge in [0.15, 0.2) is 5.76 Å². The van der Waals surface area contributed by atoms with Crippen LogP contribution < -0.4 is 0 Å². The molecule has 2 aromatic heterocycles. The van der Waals surface area contributed by atoms with Gasteiger partial charge in [0.1, 0.15) is 0 Å². The van der Waals surface area contributed by atoms with Crippen LogP contribution in [0.25, 0.3) is 10.9 Å². The molecule has 0 aliphatic rings. The van der Waals surface area contributed by atoms with Crippen molar-refractivity contribution in [3.05, 3.63) is 54.1 Å². The largest absolute Gasteiger partial charge is 0.461 e. The highest BCUT2D eigenvalue weighted by Crippen LogP contribution is 2.20. The molecule has 0 saturated carbocycles. The van der Waals surface area contributed by atoms with Crippen molar-refractivity contribution in [2.45, 2.75) is 19.9 Å². The van der Waals surface area contributed by atoms with E-state index in [4.69, 9.17) is 4.42 Å². The van der Waals surface area contributed by atoms with Crippen LogP contribution in [0, 0.1) is 0 Å². The Balaban J connectivity index is 1.99. The lowest BCUT2D eigenvalue weighted by atomic mass is 10.1. The fourth-order valence-electron chi connectivity index (χ4n) is 2.24. The fourth-order valence-corrected chi connectivity index (χ4v) is 2.24. The molecule has 96 valence electrons. The van der Waals surface area contributed by atoms with Gasteiger partial charge in [0.25, 0.3) is 0 Å². The molecule has 4 nitrogen and oxygen atoms in total. The van der Waals surface area contributed by atoms with Crippen LogP contribution in [0.3, 0.4) is 0 Å². The molecule has 0 fully saturated rings. The third-order valence-electron chi connectivity index (χ3n) is 3.16. The smallest absolute Gasteiger partial charge is 0.204 e. The van der Waals surface area contributed by atoms with Crippen molar-refractivity contribution < 1.29 is 9.21 Å². The van der Waals surface area contributed by atoms with E-state index in [0.717, 1.165) is 23.1 Å². The van der Waals surface area contributed by atoms with Crippen molar-refractivity contribution in [2.75, 3.05) is 0 Å². The number of carbonyl (C=O) groups excluding carboxylic acids is 1. The van der Waals surface area contributed by atoms with Gasteiger partial charge in [0.2, 0.25) is 5.78 Å². The van der Waals surface area contributed by atoms with Gasteiger partial charge in [-0.05, 0) is 25.1 Å². The predicted octanol–water partition coefficient (Wildman–Crippen LogP) is 3.07. The van der Waals surface area contributed by atoms with Gasteiger partial charge in [0.05, 0.1) is 23.9 Å². The number of aromatic nitrogens is 2. The average Bonchev–Trinajstić information content (AvgIpc) is 3.07. The van der Waals surface area contributed by atoms with Crippen molar-refractivity contribution in [2.24, 2.45) is 0 Å². The van der Waals surface area contributed by atoms with Gasteiger partial charge in [-0.3, -0.25) is 9.48 Å². The summed E-state index contributed by atoms with van der Waals surface area (Å²) < 4.78 is 7.05. The minimum Gasteiger partial charge on any atom is -0.461 e. The van der Waals surface area contributed by atoms with Crippen LogP contribution in [0.5, 0.6) is 0 Å². The number of rotatable bonds is 4. The Morgan fingerprint density at radius 3 is 2.84 bits per heavy atom. The Morgan fingerprint density at radius 1 is 1.26 bits per heavy atom. The van der Waals surface area contributed by atoms with Gasteiger partial charge in [-0.1, -0.05) is 18.2 Å². The number of Topliss-reactive ketones (excluding diaryl/α,β-unsaturated/α-hetero) is 1. The topological polar surface area (TPSA) is 48.0 Å². The summed E-state index contributed by atoms with van der Waals surface area (Å²) in [6.07, 6.45) is 1.77. The summed E-state index contributed by atoms with van der Waals surface area (Å²) >= 11 is 0. The van der Waals surface area contributed by atoms with Crippen molar-refractivity contribution >= 4 is 16.7 Å². The summed E-state index contributed by atoms with van der Waals surface area (Å²) in [5.74, 6) is 0.339. The van der Waals surface area contributed by atoms with Crippen molar-refractivity contribution in [3.8, 4) is 0 Å². The van der Waals surface area contributed by atoms with Crippen LogP contribution in [-0.4, -0.2) is 15.6 Å². The minimum atomic E-state index is -0.0449. The quantitative estimate of drug-likeness (QED) is 0.672. The second-order valence-corrected chi connectivity index (χ2v) is 4.36. The van der Waals surface area contributed by atoms with E-state index in [-0.39, 0.29) is 12.2 Å². The number of carbonyl (C=O) groups is 1. The van der Waals surface area contributed by atoms with E-state index in [1.807, 2.05) is 35.9 Å². The Labute approximate surface area is 110 Å². The molecule has 0 amide bonds. The van der Waals surface area contributed by atoms with E-state index in [2.05, 4.69) is 5.10 Å². The summed E-state index contributed by atoms with van der Waals surface area (Å²) in [6, 6.07) is 11.4. The van der Waals surface area contributed by atoms with Gasteiger partial charge < -0.3 is 4.42 Å². The number of ketones is 1. The maximum absolute atomic E-state index is 12.1. The monoisotopic (exact) mass is 254 g/mol. The summed E-state index contributed by atoms with van der Waals surface area (Å²) in [5.41, 5.74) is 1.87. The number of benzene rings is 1. The Kier molecular flexibility index (Phi) is 2.91. The summed E-state index contributed by atoms with van der Waals surface area (Å²) in [6.45, 7) is 2.83. The number of fused-ring (bicyclic) bond motifs is 1. The molecule has 19 heavy (non-hydrogen) atoms. The van der Waals surface area contributed by atoms with Crippen molar-refractivity contribution in [1.82, 2.24) is 9.78 Å². The van der Waals surface area contributed by atoms with E-state index in [0.29, 0.717) is 5.76 Å². The van der Waals surface area contributed by atoms with Crippen LogP contribution in [-0.2, 0) is 13.0 Å². The van der Waals surface area contributed by atoms with Crippen LogP contribution in [0.1, 0.15) is 23.2 Å². The number of furan rings is 1. The highest BCUT2D eigenvalue weighted by atomic mass is 16.3. The lowest BCUT2D eigenvalue weighted by Gasteiger charge is -1.95. The predicted molar refractivity (Wildman–Crippen MR) is 72.1 cm³/mol. The summed E-state index contributed by atoms with van der Waals surface area (Å²) in [4.78, 5) is 12.1. The first-order valence-electron chi connectivity index (χ1n) is 6.30. The molecule has 0 radical (unpaired) electrons. The molecule has 0 unspecified atom stereocenters. The second kappa shape index (κ2) is 4.72. The number of nitrogens with zero attached hydrogens (tertiary/aromatic N) is 2. The Morgan fingerprint density at radius 2 is 2.11 bits per heavy atom. The lowest BCUT2D eigenvalue weighted by Crippen LogP contribution is -2.04. The molecule has 3 rings (SSSR count). The van der Waals surface area contributed by atoms with Crippen LogP contribution in [0.2, 0.25) is 0 Å². The molecule has 1 aromatic carbocycles. The van der Waals surface area contributed by atoms with Gasteiger partial charge in [-0.25, -0.2) is 0 Å². The molecule has 0 N–H and O–H groups in total. The molecular formula is C15H14N2O2. The summed E-state index contributed by atoms with van der Waals surface area (Å²) in [7, 11) is 0. The third-order valence-corrected chi connectivity index (χ3v) is 3.16. The van der Waals surface area contributed by atoms with Crippen molar-refractivity contribution in [1.29, 1.82) is 0 Å². The zero-order valence-electron chi connectivity index (χ0n) is 10.7. The van der Waals surface area contributed by atoms with Gasteiger partial charge in [-0.15, -0.1) is 0 Å². The zero-order valence-corrected chi connectivity index (χ0v) is 10.7. The molecule has 0 aliphatic heterocycles. The highest BCUT2D eigenvalue weighted by molar-refractivity contribution is 5.97. The molecule has 0 saturated heterocycles. The maximum atomic E-state index is 12.1. The van der Waals surface area contributed by atoms with E-state index < -0.39 is 0 Å². The normalized spacial score (nSPS) is 11.0. The van der Waals surface area contributed by atoms with Crippen molar-refractivity contribution in [3.63, 3.8) is 0 Å². The van der Waals surface area contributed by atoms with E-state index in [1.54, 1.807) is 12.1 Å². The molecule has 0 spiro atoms. The molecule has 2 heterocycles. The SMILES string of the molecule is CCn1nc(CC(=O)c2ccco2)c2ccccc21. The molecular weight excluding hydrogens is 240 g/mol. The van der Waals surface area contributed by atoms with Crippen LogP contribution >= 0.6 is 0 Å². The van der Waals surface area contributed by atoms with Crippen LogP contribution in [0.4, 0.5) is 0 Å². The number of aryl methyl sites for hydroxylation is 1. The highest BCUT2D eigenvalue weighted by Gasteiger charge is 2.15. The first-order valence-corrected chi connectivity index (χ1v) is 6.30. The van der Waals surface area contributed by atoms with Gasteiger partial charge in [0, 0.05) is 11.9 Å². The molecule has 4 heteroatoms.